The summed E-state index contributed by atoms with van der Waals surface area (Å²) in [6, 6.07) is 0. The highest BCUT2D eigenvalue weighted by atomic mass is 16.5. The molecule has 100 valence electrons. The fourth-order valence-electron chi connectivity index (χ4n) is 3.32. The number of hydrogen-bond acceptors (Lipinski definition) is 3. The normalized spacial score (nSPS) is 43.6. The molecule has 3 atom stereocenters. The van der Waals surface area contributed by atoms with Crippen LogP contribution < -0.4 is 11.1 Å². The minimum Gasteiger partial charge on any atom is -0.380 e. The Bertz CT molecular complexity index is 251. The van der Waals surface area contributed by atoms with Gasteiger partial charge in [-0.2, -0.15) is 0 Å². The predicted molar refractivity (Wildman–Crippen MR) is 71.0 cm³/mol. The van der Waals surface area contributed by atoms with Crippen LogP contribution in [0, 0.1) is 5.92 Å². The van der Waals surface area contributed by atoms with Crippen molar-refractivity contribution in [3.8, 4) is 0 Å². The van der Waals surface area contributed by atoms with Gasteiger partial charge in [0, 0.05) is 24.2 Å². The maximum atomic E-state index is 6.52. The highest BCUT2D eigenvalue weighted by molar-refractivity contribution is 4.95. The molecule has 17 heavy (non-hydrogen) atoms. The van der Waals surface area contributed by atoms with Crippen molar-refractivity contribution in [2.75, 3.05) is 19.8 Å². The summed E-state index contributed by atoms with van der Waals surface area (Å²) in [6.07, 6.45) is 7.33. The number of ether oxygens (including phenoxy) is 1. The summed E-state index contributed by atoms with van der Waals surface area (Å²) in [5.41, 5.74) is 6.68. The van der Waals surface area contributed by atoms with E-state index in [0.717, 1.165) is 38.5 Å². The van der Waals surface area contributed by atoms with E-state index in [1.54, 1.807) is 0 Å². The van der Waals surface area contributed by atoms with E-state index in [1.165, 1.54) is 25.7 Å². The van der Waals surface area contributed by atoms with Crippen LogP contribution in [0.25, 0.3) is 0 Å². The van der Waals surface area contributed by atoms with Crippen LogP contribution in [0.5, 0.6) is 0 Å². The van der Waals surface area contributed by atoms with Crippen molar-refractivity contribution in [2.24, 2.45) is 11.7 Å². The second-order valence-corrected chi connectivity index (χ2v) is 6.63. The van der Waals surface area contributed by atoms with Crippen molar-refractivity contribution in [2.45, 2.75) is 63.5 Å². The van der Waals surface area contributed by atoms with Crippen LogP contribution in [-0.4, -0.2) is 30.8 Å². The van der Waals surface area contributed by atoms with Gasteiger partial charge < -0.3 is 15.8 Å². The fourth-order valence-corrected chi connectivity index (χ4v) is 3.32. The van der Waals surface area contributed by atoms with Crippen LogP contribution >= 0.6 is 0 Å². The Labute approximate surface area is 105 Å². The van der Waals surface area contributed by atoms with Gasteiger partial charge in [-0.05, 0) is 38.5 Å². The minimum atomic E-state index is 0.0120. The van der Waals surface area contributed by atoms with E-state index in [-0.39, 0.29) is 11.1 Å². The highest BCUT2D eigenvalue weighted by Crippen LogP contribution is 2.30. The smallest absolute Gasteiger partial charge is 0.0645 e. The third-order valence-electron chi connectivity index (χ3n) is 4.43. The number of rotatable bonds is 3. The summed E-state index contributed by atoms with van der Waals surface area (Å²) in [5.74, 6) is 0.783. The molecule has 2 fully saturated rings. The van der Waals surface area contributed by atoms with Gasteiger partial charge in [0.2, 0.25) is 0 Å². The zero-order chi connectivity index (χ0) is 12.4. The monoisotopic (exact) mass is 240 g/mol. The quantitative estimate of drug-likeness (QED) is 0.794. The summed E-state index contributed by atoms with van der Waals surface area (Å²) in [4.78, 5) is 0. The van der Waals surface area contributed by atoms with Crippen LogP contribution in [0.2, 0.25) is 0 Å². The molecule has 1 aliphatic carbocycles. The van der Waals surface area contributed by atoms with Crippen molar-refractivity contribution in [3.05, 3.63) is 0 Å². The Morgan fingerprint density at radius 3 is 2.82 bits per heavy atom. The molecule has 2 rings (SSSR count). The molecule has 3 N–H and O–H groups in total. The van der Waals surface area contributed by atoms with E-state index in [2.05, 4.69) is 19.2 Å². The first kappa shape index (κ1) is 13.3. The first-order chi connectivity index (χ1) is 8.02. The van der Waals surface area contributed by atoms with Gasteiger partial charge in [0.25, 0.3) is 0 Å². The van der Waals surface area contributed by atoms with Gasteiger partial charge in [0.05, 0.1) is 6.61 Å². The van der Waals surface area contributed by atoms with E-state index in [9.17, 15) is 0 Å². The zero-order valence-electron chi connectivity index (χ0n) is 11.4. The van der Waals surface area contributed by atoms with Crippen LogP contribution in [0.1, 0.15) is 52.4 Å². The van der Waals surface area contributed by atoms with E-state index in [1.807, 2.05) is 0 Å². The topological polar surface area (TPSA) is 47.3 Å². The van der Waals surface area contributed by atoms with Crippen molar-refractivity contribution < 1.29 is 4.74 Å². The molecule has 1 aliphatic heterocycles. The van der Waals surface area contributed by atoms with E-state index >= 15 is 0 Å². The van der Waals surface area contributed by atoms with E-state index in [0.29, 0.717) is 0 Å². The Morgan fingerprint density at radius 2 is 2.18 bits per heavy atom. The molecule has 1 saturated carbocycles. The molecule has 1 heterocycles. The van der Waals surface area contributed by atoms with E-state index in [4.69, 9.17) is 10.5 Å². The van der Waals surface area contributed by atoms with Crippen molar-refractivity contribution >= 4 is 0 Å². The number of hydrogen-bond donors (Lipinski definition) is 2. The van der Waals surface area contributed by atoms with Gasteiger partial charge in [-0.25, -0.2) is 0 Å². The van der Waals surface area contributed by atoms with Crippen LogP contribution in [0.4, 0.5) is 0 Å². The molecule has 0 aromatic carbocycles. The molecule has 3 heteroatoms. The van der Waals surface area contributed by atoms with Crippen LogP contribution in [0.3, 0.4) is 0 Å². The molecule has 1 saturated heterocycles. The molecule has 3 nitrogen and oxygen atoms in total. The minimum absolute atomic E-state index is 0.0120. The Morgan fingerprint density at radius 1 is 1.35 bits per heavy atom. The standard InChI is InChI=1S/C14H28N2O/c1-12-5-3-7-14(15,9-12)10-16-13(2)6-4-8-17-11-13/h12,16H,3-11,15H2,1-2H3. The van der Waals surface area contributed by atoms with Crippen LogP contribution in [0.15, 0.2) is 0 Å². The molecule has 0 radical (unpaired) electrons. The summed E-state index contributed by atoms with van der Waals surface area (Å²) in [6.45, 7) is 7.28. The van der Waals surface area contributed by atoms with Gasteiger partial charge in [-0.1, -0.05) is 19.8 Å². The Kier molecular flexibility index (Phi) is 4.11. The highest BCUT2D eigenvalue weighted by Gasteiger charge is 2.34. The largest absolute Gasteiger partial charge is 0.380 e. The maximum Gasteiger partial charge on any atom is 0.0645 e. The molecular formula is C14H28N2O. The third kappa shape index (κ3) is 3.67. The Balaban J connectivity index is 1.83. The molecule has 2 aliphatic rings. The molecular weight excluding hydrogens is 212 g/mol. The molecule has 0 aromatic heterocycles. The summed E-state index contributed by atoms with van der Waals surface area (Å²) >= 11 is 0. The first-order valence-corrected chi connectivity index (χ1v) is 7.13. The molecule has 0 aromatic rings. The van der Waals surface area contributed by atoms with Crippen molar-refractivity contribution in [3.63, 3.8) is 0 Å². The molecule has 0 amide bonds. The lowest BCUT2D eigenvalue weighted by molar-refractivity contribution is 0.0242. The van der Waals surface area contributed by atoms with Crippen LogP contribution in [-0.2, 0) is 4.74 Å². The second-order valence-electron chi connectivity index (χ2n) is 6.63. The lowest BCUT2D eigenvalue weighted by Gasteiger charge is -2.42. The molecule has 0 spiro atoms. The van der Waals surface area contributed by atoms with Gasteiger partial charge in [0.1, 0.15) is 0 Å². The van der Waals surface area contributed by atoms with Crippen molar-refractivity contribution in [1.82, 2.24) is 5.32 Å². The number of nitrogens with two attached hydrogens (primary N) is 1. The summed E-state index contributed by atoms with van der Waals surface area (Å²) in [5, 5.41) is 3.68. The molecule has 3 unspecified atom stereocenters. The average molecular weight is 240 g/mol. The zero-order valence-corrected chi connectivity index (χ0v) is 11.4. The number of nitrogens with one attached hydrogen (secondary N) is 1. The third-order valence-corrected chi connectivity index (χ3v) is 4.43. The van der Waals surface area contributed by atoms with Gasteiger partial charge in [-0.3, -0.25) is 0 Å². The first-order valence-electron chi connectivity index (χ1n) is 7.13. The fraction of sp³-hybridized carbons (Fsp3) is 1.00. The second kappa shape index (κ2) is 5.25. The SMILES string of the molecule is CC1CCCC(N)(CNC2(C)CCCOC2)C1. The lowest BCUT2D eigenvalue weighted by Crippen LogP contribution is -2.58. The lowest BCUT2D eigenvalue weighted by atomic mass is 9.76. The average Bonchev–Trinajstić information content (AvgIpc) is 2.28. The van der Waals surface area contributed by atoms with Crippen molar-refractivity contribution in [1.29, 1.82) is 0 Å². The summed E-state index contributed by atoms with van der Waals surface area (Å²) in [7, 11) is 0. The Hall–Kier alpha value is -0.120. The maximum absolute atomic E-state index is 6.52. The van der Waals surface area contributed by atoms with Gasteiger partial charge in [0.15, 0.2) is 0 Å². The molecule has 0 bridgehead atoms. The van der Waals surface area contributed by atoms with Gasteiger partial charge in [-0.15, -0.1) is 0 Å². The van der Waals surface area contributed by atoms with E-state index < -0.39 is 0 Å². The summed E-state index contributed by atoms with van der Waals surface area (Å²) < 4.78 is 5.58. The predicted octanol–water partition coefficient (Wildman–Crippen LogP) is 2.05. The van der Waals surface area contributed by atoms with Gasteiger partial charge >= 0.3 is 0 Å².